The summed E-state index contributed by atoms with van der Waals surface area (Å²) in [6.45, 7) is 2.02. The van der Waals surface area contributed by atoms with Gasteiger partial charge in [0.1, 0.15) is 5.69 Å². The number of aromatic hydroxyl groups is 1. The van der Waals surface area contributed by atoms with Crippen LogP contribution in [0.5, 0.6) is 5.75 Å². The number of fused-ring (bicyclic) bond motifs is 1. The highest BCUT2D eigenvalue weighted by Crippen LogP contribution is 2.35. The summed E-state index contributed by atoms with van der Waals surface area (Å²) >= 11 is 0. The number of hydrogen-bond donors (Lipinski definition) is 1. The minimum atomic E-state index is 0.166. The Bertz CT molecular complexity index is 777. The second-order valence-corrected chi connectivity index (χ2v) is 4.69. The monoisotopic (exact) mass is 262 g/mol. The van der Waals surface area contributed by atoms with Crippen molar-refractivity contribution in [3.8, 4) is 5.75 Å². The summed E-state index contributed by atoms with van der Waals surface area (Å²) in [4.78, 5) is 0. The van der Waals surface area contributed by atoms with Crippen LogP contribution in [0.4, 0.5) is 11.4 Å². The zero-order chi connectivity index (χ0) is 13.9. The lowest BCUT2D eigenvalue weighted by molar-refractivity contribution is 0.482. The maximum atomic E-state index is 10.2. The molecule has 0 unspecified atom stereocenters. The number of rotatable bonds is 2. The van der Waals surface area contributed by atoms with E-state index in [0.29, 0.717) is 5.69 Å². The summed E-state index contributed by atoms with van der Waals surface area (Å²) in [5.74, 6) is 0.166. The number of hydrogen-bond acceptors (Lipinski definition) is 3. The topological polar surface area (TPSA) is 45.0 Å². The standard InChI is InChI=1S/C17H14N2O/c1-12-6-9-14(10-7-12)18-19-16-11-8-13-4-2-3-5-15(13)17(16)20/h2-11,20H,1H3. The fourth-order valence-corrected chi connectivity index (χ4v) is 2.05. The van der Waals surface area contributed by atoms with E-state index in [1.807, 2.05) is 61.5 Å². The molecule has 3 rings (SSSR count). The third kappa shape index (κ3) is 2.38. The summed E-state index contributed by atoms with van der Waals surface area (Å²) in [5, 5.41) is 20.3. The molecule has 98 valence electrons. The average Bonchev–Trinajstić information content (AvgIpc) is 2.49. The van der Waals surface area contributed by atoms with Gasteiger partial charge < -0.3 is 5.11 Å². The minimum absolute atomic E-state index is 0.166. The van der Waals surface area contributed by atoms with E-state index in [9.17, 15) is 5.11 Å². The number of aryl methyl sites for hydroxylation is 1. The molecule has 0 saturated heterocycles. The number of azo groups is 1. The Hall–Kier alpha value is -2.68. The molecule has 20 heavy (non-hydrogen) atoms. The first kappa shape index (κ1) is 12.4. The van der Waals surface area contributed by atoms with Crippen LogP contribution in [0.15, 0.2) is 70.9 Å². The van der Waals surface area contributed by atoms with Gasteiger partial charge in [0.2, 0.25) is 0 Å². The third-order valence-electron chi connectivity index (χ3n) is 3.19. The summed E-state index contributed by atoms with van der Waals surface area (Å²) in [7, 11) is 0. The van der Waals surface area contributed by atoms with Gasteiger partial charge in [0.25, 0.3) is 0 Å². The molecule has 0 saturated carbocycles. The van der Waals surface area contributed by atoms with Crippen molar-refractivity contribution >= 4 is 22.1 Å². The lowest BCUT2D eigenvalue weighted by Gasteiger charge is -2.03. The summed E-state index contributed by atoms with van der Waals surface area (Å²) in [5.41, 5.74) is 2.42. The van der Waals surface area contributed by atoms with Crippen molar-refractivity contribution in [2.75, 3.05) is 0 Å². The van der Waals surface area contributed by atoms with Gasteiger partial charge in [0.15, 0.2) is 5.75 Å². The Morgan fingerprint density at radius 1 is 0.800 bits per heavy atom. The Kier molecular flexibility index (Phi) is 3.17. The van der Waals surface area contributed by atoms with Crippen LogP contribution in [0.3, 0.4) is 0 Å². The number of phenols is 1. The predicted octanol–water partition coefficient (Wildman–Crippen LogP) is 5.27. The maximum Gasteiger partial charge on any atom is 0.150 e. The second-order valence-electron chi connectivity index (χ2n) is 4.69. The van der Waals surface area contributed by atoms with Crippen molar-refractivity contribution in [1.82, 2.24) is 0 Å². The van der Waals surface area contributed by atoms with Gasteiger partial charge in [-0.15, -0.1) is 5.11 Å². The van der Waals surface area contributed by atoms with Crippen molar-refractivity contribution in [3.63, 3.8) is 0 Å². The molecule has 0 fully saturated rings. The van der Waals surface area contributed by atoms with Crippen LogP contribution in [-0.4, -0.2) is 5.11 Å². The third-order valence-corrected chi connectivity index (χ3v) is 3.19. The maximum absolute atomic E-state index is 10.2. The first-order valence-corrected chi connectivity index (χ1v) is 6.43. The van der Waals surface area contributed by atoms with E-state index in [2.05, 4.69) is 10.2 Å². The average molecular weight is 262 g/mol. The predicted molar refractivity (Wildman–Crippen MR) is 81.0 cm³/mol. The lowest BCUT2D eigenvalue weighted by atomic mass is 10.1. The highest BCUT2D eigenvalue weighted by atomic mass is 16.3. The van der Waals surface area contributed by atoms with E-state index in [0.717, 1.165) is 16.5 Å². The van der Waals surface area contributed by atoms with Gasteiger partial charge in [-0.25, -0.2) is 0 Å². The molecular formula is C17H14N2O. The second kappa shape index (κ2) is 5.13. The van der Waals surface area contributed by atoms with Gasteiger partial charge >= 0.3 is 0 Å². The highest BCUT2D eigenvalue weighted by Gasteiger charge is 2.04. The van der Waals surface area contributed by atoms with Crippen LogP contribution in [0.2, 0.25) is 0 Å². The molecule has 0 atom stereocenters. The Morgan fingerprint density at radius 2 is 1.55 bits per heavy atom. The highest BCUT2D eigenvalue weighted by molar-refractivity contribution is 5.92. The minimum Gasteiger partial charge on any atom is -0.505 e. The lowest BCUT2D eigenvalue weighted by Crippen LogP contribution is -1.74. The van der Waals surface area contributed by atoms with Crippen molar-refractivity contribution in [2.45, 2.75) is 6.92 Å². The molecule has 0 aliphatic heterocycles. The Labute approximate surface area is 117 Å². The van der Waals surface area contributed by atoms with Crippen LogP contribution >= 0.6 is 0 Å². The first-order chi connectivity index (χ1) is 9.74. The van der Waals surface area contributed by atoms with E-state index in [4.69, 9.17) is 0 Å². The van der Waals surface area contributed by atoms with E-state index in [1.165, 1.54) is 5.56 Å². The summed E-state index contributed by atoms with van der Waals surface area (Å²) < 4.78 is 0. The van der Waals surface area contributed by atoms with Crippen LogP contribution < -0.4 is 0 Å². The number of benzene rings is 3. The zero-order valence-corrected chi connectivity index (χ0v) is 11.1. The van der Waals surface area contributed by atoms with E-state index in [1.54, 1.807) is 6.07 Å². The number of nitrogens with zero attached hydrogens (tertiary/aromatic N) is 2. The van der Waals surface area contributed by atoms with Crippen molar-refractivity contribution in [1.29, 1.82) is 0 Å². The van der Waals surface area contributed by atoms with E-state index >= 15 is 0 Å². The largest absolute Gasteiger partial charge is 0.505 e. The first-order valence-electron chi connectivity index (χ1n) is 6.43. The molecule has 0 heterocycles. The fraction of sp³-hybridized carbons (Fsp3) is 0.0588. The van der Waals surface area contributed by atoms with Crippen molar-refractivity contribution in [3.05, 3.63) is 66.2 Å². The number of phenolic OH excluding ortho intramolecular Hbond substituents is 1. The van der Waals surface area contributed by atoms with Gasteiger partial charge in [-0.05, 0) is 30.5 Å². The van der Waals surface area contributed by atoms with Gasteiger partial charge in [-0.1, -0.05) is 48.0 Å². The summed E-state index contributed by atoms with van der Waals surface area (Å²) in [6.07, 6.45) is 0. The molecule has 0 spiro atoms. The molecule has 0 radical (unpaired) electrons. The molecule has 0 aliphatic rings. The van der Waals surface area contributed by atoms with Crippen molar-refractivity contribution in [2.24, 2.45) is 10.2 Å². The molecule has 0 amide bonds. The van der Waals surface area contributed by atoms with Crippen LogP contribution in [-0.2, 0) is 0 Å². The molecular weight excluding hydrogens is 248 g/mol. The van der Waals surface area contributed by atoms with Crippen LogP contribution in [0, 0.1) is 6.92 Å². The fourth-order valence-electron chi connectivity index (χ4n) is 2.05. The van der Waals surface area contributed by atoms with Gasteiger partial charge in [-0.2, -0.15) is 5.11 Å². The molecule has 3 aromatic carbocycles. The van der Waals surface area contributed by atoms with Crippen LogP contribution in [0.25, 0.3) is 10.8 Å². The molecule has 0 bridgehead atoms. The smallest absolute Gasteiger partial charge is 0.150 e. The molecule has 0 aromatic heterocycles. The van der Waals surface area contributed by atoms with E-state index < -0.39 is 0 Å². The normalized spacial score (nSPS) is 11.2. The van der Waals surface area contributed by atoms with Gasteiger partial charge in [0, 0.05) is 5.39 Å². The Morgan fingerprint density at radius 3 is 2.35 bits per heavy atom. The molecule has 3 nitrogen and oxygen atoms in total. The zero-order valence-electron chi connectivity index (χ0n) is 11.1. The Balaban J connectivity index is 1.98. The molecule has 0 aliphatic carbocycles. The SMILES string of the molecule is Cc1ccc(N=Nc2ccc3ccccc3c2O)cc1. The quantitative estimate of drug-likeness (QED) is 0.628. The molecule has 1 N–H and O–H groups in total. The molecule has 3 heteroatoms. The van der Waals surface area contributed by atoms with E-state index in [-0.39, 0.29) is 5.75 Å². The van der Waals surface area contributed by atoms with Gasteiger partial charge in [0.05, 0.1) is 5.69 Å². The van der Waals surface area contributed by atoms with Gasteiger partial charge in [-0.3, -0.25) is 0 Å². The van der Waals surface area contributed by atoms with Crippen LogP contribution in [0.1, 0.15) is 5.56 Å². The summed E-state index contributed by atoms with van der Waals surface area (Å²) in [6, 6.07) is 19.1. The molecule has 3 aromatic rings. The van der Waals surface area contributed by atoms with Crippen molar-refractivity contribution < 1.29 is 5.11 Å².